The fourth-order valence-corrected chi connectivity index (χ4v) is 1.27. The van der Waals surface area contributed by atoms with E-state index in [1.165, 1.54) is 6.20 Å². The minimum absolute atomic E-state index is 0.137. The molecule has 0 saturated carbocycles. The van der Waals surface area contributed by atoms with Crippen LogP contribution in [0.1, 0.15) is 17.4 Å². The van der Waals surface area contributed by atoms with Crippen molar-refractivity contribution in [1.82, 2.24) is 4.68 Å². The monoisotopic (exact) mass is 250 g/mol. The fourth-order valence-electron chi connectivity index (χ4n) is 0.864. The molecule has 0 aromatic carbocycles. The predicted octanol–water partition coefficient (Wildman–Crippen LogP) is 1.28. The number of hydrogen-bond donors (Lipinski definition) is 1. The molecule has 0 aliphatic rings. The summed E-state index contributed by atoms with van der Waals surface area (Å²) in [6, 6.07) is 0. The van der Waals surface area contributed by atoms with E-state index in [1.807, 2.05) is 0 Å². The van der Waals surface area contributed by atoms with Gasteiger partial charge in [-0.3, -0.25) is 4.68 Å². The molecule has 1 rings (SSSR count). The number of esters is 1. The molecule has 0 spiro atoms. The molecule has 13 heavy (non-hydrogen) atoms. The lowest BCUT2D eigenvalue weighted by atomic mass is 10.4. The third-order valence-corrected chi connectivity index (χ3v) is 1.95. The molecule has 0 saturated heterocycles. The molecule has 0 fully saturated rings. The zero-order chi connectivity index (χ0) is 10.0. The van der Waals surface area contributed by atoms with Gasteiger partial charge in [0.05, 0.1) is 11.1 Å². The zero-order valence-corrected chi connectivity index (χ0v) is 8.47. The average molecular weight is 251 g/mol. The summed E-state index contributed by atoms with van der Waals surface area (Å²) >= 11 is 2.90. The maximum atomic E-state index is 13.1. The zero-order valence-electron chi connectivity index (χ0n) is 6.88. The largest absolute Gasteiger partial charge is 0.461 e. The van der Waals surface area contributed by atoms with Crippen LogP contribution in [0.5, 0.6) is 0 Å². The van der Waals surface area contributed by atoms with Crippen molar-refractivity contribution in [1.29, 1.82) is 0 Å². The molecule has 0 aliphatic heterocycles. The average Bonchev–Trinajstić information content (AvgIpc) is 2.27. The lowest BCUT2D eigenvalue weighted by Crippen LogP contribution is -2.18. The van der Waals surface area contributed by atoms with E-state index < -0.39 is 11.8 Å². The normalized spacial score (nSPS) is 10.1. The molecule has 1 aromatic rings. The third kappa shape index (κ3) is 1.82. The third-order valence-electron chi connectivity index (χ3n) is 1.40. The van der Waals surface area contributed by atoms with Crippen molar-refractivity contribution in [3.8, 4) is 0 Å². The first-order valence-electron chi connectivity index (χ1n) is 3.56. The molecule has 0 unspecified atom stereocenters. The van der Waals surface area contributed by atoms with E-state index in [-0.39, 0.29) is 16.8 Å². The van der Waals surface area contributed by atoms with E-state index in [9.17, 15) is 9.18 Å². The van der Waals surface area contributed by atoms with Crippen LogP contribution < -0.4 is 5.84 Å². The Morgan fingerprint density at radius 3 is 2.85 bits per heavy atom. The highest BCUT2D eigenvalue weighted by Crippen LogP contribution is 2.20. The van der Waals surface area contributed by atoms with Gasteiger partial charge < -0.3 is 10.6 Å². The fraction of sp³-hybridized carbons (Fsp3) is 0.286. The Kier molecular flexibility index (Phi) is 2.92. The van der Waals surface area contributed by atoms with Crippen molar-refractivity contribution in [3.05, 3.63) is 22.2 Å². The highest BCUT2D eigenvalue weighted by molar-refractivity contribution is 9.10. The Bertz CT molecular complexity index is 337. The van der Waals surface area contributed by atoms with Crippen LogP contribution >= 0.6 is 15.9 Å². The summed E-state index contributed by atoms with van der Waals surface area (Å²) in [5.74, 6) is 3.84. The molecule has 0 aliphatic carbocycles. The van der Waals surface area contributed by atoms with E-state index in [1.54, 1.807) is 6.92 Å². The number of aromatic nitrogens is 1. The second-order valence-corrected chi connectivity index (χ2v) is 3.12. The second-order valence-electron chi connectivity index (χ2n) is 2.27. The van der Waals surface area contributed by atoms with Gasteiger partial charge >= 0.3 is 5.97 Å². The second kappa shape index (κ2) is 3.78. The first-order valence-corrected chi connectivity index (χ1v) is 4.35. The topological polar surface area (TPSA) is 57.2 Å². The smallest absolute Gasteiger partial charge is 0.360 e. The number of nitrogens with zero attached hydrogens (tertiary/aromatic N) is 1. The van der Waals surface area contributed by atoms with Gasteiger partial charge in [-0.1, -0.05) is 0 Å². The number of nitrogens with two attached hydrogens (primary N) is 1. The number of carbonyl (C=O) groups excluding carboxylic acids is 1. The van der Waals surface area contributed by atoms with Crippen LogP contribution in [0.4, 0.5) is 4.39 Å². The summed E-state index contributed by atoms with van der Waals surface area (Å²) in [5, 5.41) is 0. The number of hydrogen-bond acceptors (Lipinski definition) is 3. The minimum atomic E-state index is -0.770. The highest BCUT2D eigenvalue weighted by Gasteiger charge is 2.20. The maximum absolute atomic E-state index is 13.1. The SMILES string of the molecule is CCOC(=O)c1c(F)c(Br)cn1N. The van der Waals surface area contributed by atoms with Crippen LogP contribution in [0.3, 0.4) is 0 Å². The number of carbonyl (C=O) groups is 1. The molecular formula is C7H8BrFN2O2. The summed E-state index contributed by atoms with van der Waals surface area (Å²) in [7, 11) is 0. The van der Waals surface area contributed by atoms with Crippen molar-refractivity contribution < 1.29 is 13.9 Å². The van der Waals surface area contributed by atoms with Gasteiger partial charge in [-0.2, -0.15) is 0 Å². The van der Waals surface area contributed by atoms with E-state index in [2.05, 4.69) is 20.7 Å². The Labute approximate surface area is 82.6 Å². The standard InChI is InChI=1S/C7H8BrFN2O2/c1-2-13-7(12)6-5(9)4(8)3-11(6)10/h3H,2,10H2,1H3. The van der Waals surface area contributed by atoms with E-state index in [0.717, 1.165) is 4.68 Å². The molecule has 0 atom stereocenters. The predicted molar refractivity (Wildman–Crippen MR) is 48.2 cm³/mol. The first kappa shape index (κ1) is 10.0. The van der Waals surface area contributed by atoms with Crippen molar-refractivity contribution in [2.24, 2.45) is 0 Å². The van der Waals surface area contributed by atoms with E-state index in [0.29, 0.717) is 0 Å². The quantitative estimate of drug-likeness (QED) is 0.636. The summed E-state index contributed by atoms with van der Waals surface area (Å²) in [6.07, 6.45) is 1.25. The molecule has 0 bridgehead atoms. The minimum Gasteiger partial charge on any atom is -0.461 e. The number of nitrogen functional groups attached to an aromatic ring is 1. The molecule has 1 aromatic heterocycles. The van der Waals surface area contributed by atoms with Gasteiger partial charge in [-0.15, -0.1) is 0 Å². The Hall–Kier alpha value is -1.04. The van der Waals surface area contributed by atoms with Crippen LogP contribution in [0.25, 0.3) is 0 Å². The molecule has 0 radical (unpaired) electrons. The van der Waals surface area contributed by atoms with Crippen LogP contribution in [-0.2, 0) is 4.74 Å². The van der Waals surface area contributed by atoms with Crippen molar-refractivity contribution in [2.45, 2.75) is 6.92 Å². The number of halogens is 2. The Balaban J connectivity index is 3.06. The number of ether oxygens (including phenoxy) is 1. The van der Waals surface area contributed by atoms with Gasteiger partial charge in [0.1, 0.15) is 0 Å². The van der Waals surface area contributed by atoms with Gasteiger partial charge in [-0.25, -0.2) is 9.18 Å². The summed E-state index contributed by atoms with van der Waals surface area (Å²) in [6.45, 7) is 1.82. The summed E-state index contributed by atoms with van der Waals surface area (Å²) in [5.41, 5.74) is -0.284. The first-order chi connectivity index (χ1) is 6.07. The Morgan fingerprint density at radius 2 is 2.46 bits per heavy atom. The van der Waals surface area contributed by atoms with E-state index >= 15 is 0 Å². The highest BCUT2D eigenvalue weighted by atomic mass is 79.9. The number of rotatable bonds is 2. The Morgan fingerprint density at radius 1 is 1.85 bits per heavy atom. The molecule has 6 heteroatoms. The molecular weight excluding hydrogens is 243 g/mol. The summed E-state index contributed by atoms with van der Waals surface area (Å²) < 4.78 is 18.8. The molecule has 2 N–H and O–H groups in total. The van der Waals surface area contributed by atoms with Crippen LogP contribution in [0, 0.1) is 5.82 Å². The molecule has 1 heterocycles. The van der Waals surface area contributed by atoms with Crippen molar-refractivity contribution in [3.63, 3.8) is 0 Å². The lowest BCUT2D eigenvalue weighted by Gasteiger charge is -2.01. The maximum Gasteiger partial charge on any atom is 0.360 e. The van der Waals surface area contributed by atoms with Crippen LogP contribution in [0.15, 0.2) is 10.7 Å². The van der Waals surface area contributed by atoms with Gasteiger partial charge in [-0.05, 0) is 22.9 Å². The van der Waals surface area contributed by atoms with E-state index in [4.69, 9.17) is 5.84 Å². The van der Waals surface area contributed by atoms with Gasteiger partial charge in [0.2, 0.25) is 0 Å². The van der Waals surface area contributed by atoms with Crippen LogP contribution in [0.2, 0.25) is 0 Å². The molecule has 4 nitrogen and oxygen atoms in total. The van der Waals surface area contributed by atoms with Crippen molar-refractivity contribution >= 4 is 21.9 Å². The lowest BCUT2D eigenvalue weighted by molar-refractivity contribution is 0.0510. The van der Waals surface area contributed by atoms with Gasteiger partial charge in [0.25, 0.3) is 0 Å². The van der Waals surface area contributed by atoms with Crippen molar-refractivity contribution in [2.75, 3.05) is 12.4 Å². The van der Waals surface area contributed by atoms with Gasteiger partial charge in [0, 0.05) is 6.20 Å². The molecule has 0 amide bonds. The van der Waals surface area contributed by atoms with Crippen LogP contribution in [-0.4, -0.2) is 17.3 Å². The summed E-state index contributed by atoms with van der Waals surface area (Å²) in [4.78, 5) is 11.1. The molecule has 72 valence electrons. The van der Waals surface area contributed by atoms with Gasteiger partial charge in [0.15, 0.2) is 11.5 Å².